The van der Waals surface area contributed by atoms with Crippen molar-refractivity contribution in [3.8, 4) is 6.07 Å². The van der Waals surface area contributed by atoms with Gasteiger partial charge in [0, 0.05) is 6.20 Å². The summed E-state index contributed by atoms with van der Waals surface area (Å²) in [5, 5.41) is 8.40. The van der Waals surface area contributed by atoms with E-state index in [1.807, 2.05) is 12.1 Å². The van der Waals surface area contributed by atoms with Crippen molar-refractivity contribution in [3.05, 3.63) is 36.7 Å². The molecule has 0 radical (unpaired) electrons. The smallest absolute Gasteiger partial charge is 0.101 e. The van der Waals surface area contributed by atoms with E-state index in [1.54, 1.807) is 18.3 Å². The summed E-state index contributed by atoms with van der Waals surface area (Å²) in [4.78, 5) is 3.93. The Morgan fingerprint density at radius 3 is 2.90 bits per heavy atom. The molecule has 0 unspecified atom stereocenters. The van der Waals surface area contributed by atoms with Gasteiger partial charge in [-0.15, -0.1) is 0 Å². The van der Waals surface area contributed by atoms with Gasteiger partial charge in [-0.3, -0.25) is 4.98 Å². The van der Waals surface area contributed by atoms with E-state index in [0.29, 0.717) is 11.3 Å². The van der Waals surface area contributed by atoms with Crippen molar-refractivity contribution in [2.24, 2.45) is 0 Å². The molecule has 0 aromatic carbocycles. The number of nitrogens with zero attached hydrogens (tertiary/aromatic N) is 2. The molecule has 48 valence electrons. The third kappa shape index (κ3) is 1.20. The van der Waals surface area contributed by atoms with Crippen LogP contribution in [0.4, 0.5) is 0 Å². The van der Waals surface area contributed by atoms with E-state index in [2.05, 4.69) is 11.6 Å². The number of hydrogen-bond donors (Lipinski definition) is 0. The van der Waals surface area contributed by atoms with Crippen LogP contribution in [0.25, 0.3) is 5.57 Å². The van der Waals surface area contributed by atoms with E-state index < -0.39 is 0 Å². The van der Waals surface area contributed by atoms with Gasteiger partial charge in [-0.2, -0.15) is 5.26 Å². The van der Waals surface area contributed by atoms with Gasteiger partial charge in [0.1, 0.15) is 6.07 Å². The average molecular weight is 130 g/mol. The van der Waals surface area contributed by atoms with Crippen LogP contribution in [0.2, 0.25) is 0 Å². The molecule has 0 atom stereocenters. The van der Waals surface area contributed by atoms with Crippen LogP contribution in [0.15, 0.2) is 31.0 Å². The van der Waals surface area contributed by atoms with Crippen LogP contribution in [-0.2, 0) is 0 Å². The predicted molar refractivity (Wildman–Crippen MR) is 38.9 cm³/mol. The molecule has 0 saturated carbocycles. The minimum Gasteiger partial charge on any atom is -0.256 e. The van der Waals surface area contributed by atoms with Gasteiger partial charge in [0.25, 0.3) is 0 Å². The highest BCUT2D eigenvalue weighted by atomic mass is 14.7. The molecule has 0 saturated heterocycles. The number of nitriles is 1. The molecular weight excluding hydrogens is 124 g/mol. The highest BCUT2D eigenvalue weighted by Gasteiger charge is 1.93. The van der Waals surface area contributed by atoms with Gasteiger partial charge in [0.15, 0.2) is 0 Å². The molecule has 1 heterocycles. The first kappa shape index (κ1) is 6.50. The number of hydrogen-bond acceptors (Lipinski definition) is 2. The third-order valence-corrected chi connectivity index (χ3v) is 1.11. The summed E-state index contributed by atoms with van der Waals surface area (Å²) in [5.74, 6) is 0. The molecule has 1 aromatic heterocycles. The van der Waals surface area contributed by atoms with Gasteiger partial charge < -0.3 is 0 Å². The highest BCUT2D eigenvalue weighted by molar-refractivity contribution is 5.71. The van der Waals surface area contributed by atoms with Gasteiger partial charge in [0.2, 0.25) is 0 Å². The van der Waals surface area contributed by atoms with E-state index in [4.69, 9.17) is 5.26 Å². The first-order chi connectivity index (χ1) is 4.84. The second-order valence-corrected chi connectivity index (χ2v) is 1.81. The zero-order valence-electron chi connectivity index (χ0n) is 5.41. The maximum atomic E-state index is 8.40. The second-order valence-electron chi connectivity index (χ2n) is 1.81. The quantitative estimate of drug-likeness (QED) is 0.541. The van der Waals surface area contributed by atoms with Gasteiger partial charge in [-0.1, -0.05) is 12.6 Å². The van der Waals surface area contributed by atoms with Crippen molar-refractivity contribution in [1.29, 1.82) is 5.26 Å². The zero-order chi connectivity index (χ0) is 7.40. The Morgan fingerprint density at radius 1 is 1.60 bits per heavy atom. The van der Waals surface area contributed by atoms with Gasteiger partial charge in [-0.05, 0) is 12.1 Å². The van der Waals surface area contributed by atoms with Crippen LogP contribution in [0, 0.1) is 11.3 Å². The molecule has 1 rings (SSSR count). The summed E-state index contributed by atoms with van der Waals surface area (Å²) in [6.07, 6.45) is 1.64. The van der Waals surface area contributed by atoms with E-state index >= 15 is 0 Å². The van der Waals surface area contributed by atoms with Crippen LogP contribution < -0.4 is 0 Å². The average Bonchev–Trinajstić information content (AvgIpc) is 2.05. The summed E-state index contributed by atoms with van der Waals surface area (Å²) >= 11 is 0. The van der Waals surface area contributed by atoms with Crippen molar-refractivity contribution in [1.82, 2.24) is 4.98 Å². The minimum atomic E-state index is 0.403. The molecular formula is C8H6N2. The molecule has 10 heavy (non-hydrogen) atoms. The van der Waals surface area contributed by atoms with Crippen molar-refractivity contribution in [2.75, 3.05) is 0 Å². The standard InChI is InChI=1S/C8H6N2/c1-7(6-9)8-4-2-3-5-10-8/h2-5H,1H2. The monoisotopic (exact) mass is 130 g/mol. The number of pyridine rings is 1. The Labute approximate surface area is 59.4 Å². The van der Waals surface area contributed by atoms with Crippen molar-refractivity contribution in [3.63, 3.8) is 0 Å². The molecule has 0 N–H and O–H groups in total. The number of aromatic nitrogens is 1. The first-order valence-corrected chi connectivity index (χ1v) is 2.85. The maximum Gasteiger partial charge on any atom is 0.101 e. The zero-order valence-corrected chi connectivity index (χ0v) is 5.41. The Hall–Kier alpha value is -1.62. The Balaban J connectivity index is 2.99. The predicted octanol–water partition coefficient (Wildman–Crippen LogP) is 1.62. The van der Waals surface area contributed by atoms with Crippen molar-refractivity contribution >= 4 is 5.57 Å². The van der Waals surface area contributed by atoms with E-state index in [9.17, 15) is 0 Å². The van der Waals surface area contributed by atoms with Crippen molar-refractivity contribution < 1.29 is 0 Å². The van der Waals surface area contributed by atoms with Gasteiger partial charge >= 0.3 is 0 Å². The fourth-order valence-corrected chi connectivity index (χ4v) is 0.599. The SMILES string of the molecule is C=C(C#N)c1ccccn1. The lowest BCUT2D eigenvalue weighted by atomic mass is 10.2. The summed E-state index contributed by atoms with van der Waals surface area (Å²) in [7, 11) is 0. The normalized spacial score (nSPS) is 8.30. The summed E-state index contributed by atoms with van der Waals surface area (Å²) in [6.45, 7) is 3.52. The fraction of sp³-hybridized carbons (Fsp3) is 0. The van der Waals surface area contributed by atoms with E-state index in [0.717, 1.165) is 0 Å². The van der Waals surface area contributed by atoms with Crippen LogP contribution in [-0.4, -0.2) is 4.98 Å². The molecule has 0 bridgehead atoms. The van der Waals surface area contributed by atoms with E-state index in [1.165, 1.54) is 0 Å². The third-order valence-electron chi connectivity index (χ3n) is 1.11. The van der Waals surface area contributed by atoms with Crippen molar-refractivity contribution in [2.45, 2.75) is 0 Å². The maximum absolute atomic E-state index is 8.40. The topological polar surface area (TPSA) is 36.7 Å². The van der Waals surface area contributed by atoms with Crippen LogP contribution in [0.1, 0.15) is 5.69 Å². The lowest BCUT2D eigenvalue weighted by Crippen LogP contribution is -1.82. The summed E-state index contributed by atoms with van der Waals surface area (Å²) in [5.41, 5.74) is 1.05. The van der Waals surface area contributed by atoms with Crippen LogP contribution >= 0.6 is 0 Å². The molecule has 1 aromatic rings. The molecule has 0 amide bonds. The molecule has 2 heteroatoms. The summed E-state index contributed by atoms with van der Waals surface area (Å²) in [6, 6.07) is 7.30. The van der Waals surface area contributed by atoms with Crippen LogP contribution in [0.3, 0.4) is 0 Å². The number of rotatable bonds is 1. The molecule has 0 aliphatic carbocycles. The largest absolute Gasteiger partial charge is 0.256 e. The molecule has 2 nitrogen and oxygen atoms in total. The minimum absolute atomic E-state index is 0.403. The summed E-state index contributed by atoms with van der Waals surface area (Å²) < 4.78 is 0. The lowest BCUT2D eigenvalue weighted by Gasteiger charge is -1.91. The highest BCUT2D eigenvalue weighted by Crippen LogP contribution is 2.04. The molecule has 0 fully saturated rings. The Bertz CT molecular complexity index is 269. The fourth-order valence-electron chi connectivity index (χ4n) is 0.599. The molecule has 0 aliphatic rings. The molecule has 0 spiro atoms. The Kier molecular flexibility index (Phi) is 1.81. The second kappa shape index (κ2) is 2.79. The first-order valence-electron chi connectivity index (χ1n) is 2.85. The van der Waals surface area contributed by atoms with Gasteiger partial charge in [0.05, 0.1) is 11.3 Å². The van der Waals surface area contributed by atoms with Crippen LogP contribution in [0.5, 0.6) is 0 Å². The van der Waals surface area contributed by atoms with Gasteiger partial charge in [-0.25, -0.2) is 0 Å². The Morgan fingerprint density at radius 2 is 2.40 bits per heavy atom. The molecule has 0 aliphatic heterocycles. The lowest BCUT2D eigenvalue weighted by molar-refractivity contribution is 1.28. The number of allylic oxidation sites excluding steroid dienone is 1. The van der Waals surface area contributed by atoms with E-state index in [-0.39, 0.29) is 0 Å².